The molecule has 0 aliphatic rings. The van der Waals surface area contributed by atoms with Crippen LogP contribution in [0.15, 0.2) is 23.6 Å². The van der Waals surface area contributed by atoms with Crippen LogP contribution in [0.4, 0.5) is 0 Å². The van der Waals surface area contributed by atoms with Gasteiger partial charge in [0.1, 0.15) is 0 Å². The first-order valence-electron chi connectivity index (χ1n) is 2.86. The van der Waals surface area contributed by atoms with Gasteiger partial charge in [0.25, 0.3) is 0 Å². The topological polar surface area (TPSA) is 12.9 Å². The molecule has 2 aromatic rings. The van der Waals surface area contributed by atoms with Gasteiger partial charge in [-0.1, -0.05) is 17.7 Å². The molecule has 0 radical (unpaired) electrons. The van der Waals surface area contributed by atoms with Crippen LogP contribution in [0.25, 0.3) is 10.9 Å². The van der Waals surface area contributed by atoms with Crippen molar-refractivity contribution in [3.8, 4) is 0 Å². The Balaban J connectivity index is 2.95. The predicted octanol–water partition coefficient (Wildman–Crippen LogP) is 2.95. The number of halogens is 1. The molecule has 0 amide bonds. The molecule has 0 atom stereocenters. The van der Waals surface area contributed by atoms with Crippen molar-refractivity contribution in [1.82, 2.24) is 4.37 Å². The van der Waals surface area contributed by atoms with Crippen molar-refractivity contribution in [2.24, 2.45) is 0 Å². The Labute approximate surface area is 67.4 Å². The minimum atomic E-state index is 0.784. The largest absolute Gasteiger partial charge is 0.193 e. The van der Waals surface area contributed by atoms with Crippen LogP contribution < -0.4 is 0 Å². The van der Waals surface area contributed by atoms with Crippen molar-refractivity contribution in [2.45, 2.75) is 0 Å². The second-order valence-corrected chi connectivity index (χ2v) is 3.02. The fourth-order valence-corrected chi connectivity index (χ4v) is 1.83. The van der Waals surface area contributed by atoms with Gasteiger partial charge in [0, 0.05) is 10.8 Å². The van der Waals surface area contributed by atoms with Gasteiger partial charge in [-0.3, -0.25) is 0 Å². The lowest BCUT2D eigenvalue weighted by atomic mass is 10.3. The Morgan fingerprint density at radius 2 is 2.30 bits per heavy atom. The van der Waals surface area contributed by atoms with Gasteiger partial charge in [0.2, 0.25) is 0 Å². The van der Waals surface area contributed by atoms with Crippen LogP contribution in [-0.4, -0.2) is 4.37 Å². The first-order valence-corrected chi connectivity index (χ1v) is 4.08. The van der Waals surface area contributed by atoms with E-state index in [9.17, 15) is 0 Å². The zero-order valence-electron chi connectivity index (χ0n) is 5.04. The van der Waals surface area contributed by atoms with E-state index in [0.717, 1.165) is 15.9 Å². The zero-order chi connectivity index (χ0) is 6.97. The Morgan fingerprint density at radius 3 is 3.10 bits per heavy atom. The quantitative estimate of drug-likeness (QED) is 0.591. The third kappa shape index (κ3) is 0.805. The molecule has 1 nitrogen and oxygen atoms in total. The Kier molecular flexibility index (Phi) is 1.36. The van der Waals surface area contributed by atoms with Crippen molar-refractivity contribution in [1.29, 1.82) is 0 Å². The van der Waals surface area contributed by atoms with Crippen LogP contribution in [0, 0.1) is 0 Å². The zero-order valence-corrected chi connectivity index (χ0v) is 6.62. The lowest BCUT2D eigenvalue weighted by molar-refractivity contribution is 1.66. The maximum absolute atomic E-state index is 5.87. The highest BCUT2D eigenvalue weighted by Crippen LogP contribution is 2.23. The van der Waals surface area contributed by atoms with Crippen molar-refractivity contribution >= 4 is 34.0 Å². The van der Waals surface area contributed by atoms with Crippen molar-refractivity contribution in [3.05, 3.63) is 28.6 Å². The van der Waals surface area contributed by atoms with Crippen molar-refractivity contribution in [2.75, 3.05) is 0 Å². The van der Waals surface area contributed by atoms with E-state index in [0.29, 0.717) is 0 Å². The number of fused-ring (bicyclic) bond motifs is 1. The summed E-state index contributed by atoms with van der Waals surface area (Å²) in [7, 11) is 0. The first-order chi connectivity index (χ1) is 4.88. The smallest absolute Gasteiger partial charge is 0.0855 e. The van der Waals surface area contributed by atoms with E-state index < -0.39 is 0 Å². The maximum atomic E-state index is 5.87. The summed E-state index contributed by atoms with van der Waals surface area (Å²) in [5, 5.41) is 3.79. The maximum Gasteiger partial charge on any atom is 0.0855 e. The molecular formula is C7H4ClNS. The molecule has 0 spiro atoms. The summed E-state index contributed by atoms with van der Waals surface area (Å²) in [5.74, 6) is 0. The molecule has 3 heteroatoms. The molecule has 0 aliphatic heterocycles. The lowest BCUT2D eigenvalue weighted by Gasteiger charge is -1.88. The lowest BCUT2D eigenvalue weighted by Crippen LogP contribution is -1.66. The Hall–Kier alpha value is -0.600. The number of aromatic nitrogens is 1. The van der Waals surface area contributed by atoms with E-state index in [4.69, 9.17) is 11.6 Å². The van der Waals surface area contributed by atoms with Gasteiger partial charge in [-0.2, -0.15) is 4.37 Å². The summed E-state index contributed by atoms with van der Waals surface area (Å²) < 4.78 is 4.14. The molecule has 10 heavy (non-hydrogen) atoms. The van der Waals surface area contributed by atoms with E-state index in [1.807, 2.05) is 23.6 Å². The van der Waals surface area contributed by atoms with Crippen molar-refractivity contribution < 1.29 is 0 Å². The van der Waals surface area contributed by atoms with Gasteiger partial charge in [-0.15, -0.1) is 0 Å². The second-order valence-electron chi connectivity index (χ2n) is 1.99. The molecule has 0 aliphatic carbocycles. The summed E-state index contributed by atoms with van der Waals surface area (Å²) >= 11 is 7.30. The first kappa shape index (κ1) is 6.13. The fourth-order valence-electron chi connectivity index (χ4n) is 0.858. The van der Waals surface area contributed by atoms with Gasteiger partial charge in [-0.05, 0) is 23.7 Å². The fraction of sp³-hybridized carbons (Fsp3) is 0. The number of hydrogen-bond acceptors (Lipinski definition) is 2. The average Bonchev–Trinajstić information content (AvgIpc) is 2.36. The summed E-state index contributed by atoms with van der Waals surface area (Å²) in [5.41, 5.74) is 0.984. The van der Waals surface area contributed by atoms with Crippen LogP contribution in [0.5, 0.6) is 0 Å². The van der Waals surface area contributed by atoms with Gasteiger partial charge >= 0.3 is 0 Å². The Bertz CT molecular complexity index is 355. The Morgan fingerprint density at radius 1 is 1.40 bits per heavy atom. The molecule has 1 aromatic carbocycles. The number of benzene rings is 1. The number of hydrogen-bond donors (Lipinski definition) is 0. The summed E-state index contributed by atoms with van der Waals surface area (Å²) in [4.78, 5) is 0. The minimum Gasteiger partial charge on any atom is -0.193 e. The number of nitrogens with zero attached hydrogens (tertiary/aromatic N) is 1. The molecule has 0 unspecified atom stereocenters. The second kappa shape index (κ2) is 2.22. The molecule has 2 rings (SSSR count). The third-order valence-electron chi connectivity index (χ3n) is 1.35. The highest BCUT2D eigenvalue weighted by molar-refractivity contribution is 7.04. The normalized spacial score (nSPS) is 10.5. The van der Waals surface area contributed by atoms with Gasteiger partial charge in [0.05, 0.1) is 10.5 Å². The van der Waals surface area contributed by atoms with Gasteiger partial charge < -0.3 is 0 Å². The SMILES string of the molecule is Clc1cccc2nscc12. The third-order valence-corrected chi connectivity index (χ3v) is 2.32. The van der Waals surface area contributed by atoms with Gasteiger partial charge in [0.15, 0.2) is 0 Å². The average molecular weight is 170 g/mol. The minimum absolute atomic E-state index is 0.784. The molecule has 0 bridgehead atoms. The summed E-state index contributed by atoms with van der Waals surface area (Å²) in [6, 6.07) is 5.74. The van der Waals surface area contributed by atoms with Crippen LogP contribution in [0.2, 0.25) is 5.02 Å². The van der Waals surface area contributed by atoms with Crippen LogP contribution in [0.1, 0.15) is 0 Å². The van der Waals surface area contributed by atoms with E-state index in [1.54, 1.807) is 0 Å². The van der Waals surface area contributed by atoms with E-state index in [1.165, 1.54) is 11.5 Å². The van der Waals surface area contributed by atoms with Crippen LogP contribution >= 0.6 is 23.1 Å². The van der Waals surface area contributed by atoms with Gasteiger partial charge in [-0.25, -0.2) is 0 Å². The summed E-state index contributed by atoms with van der Waals surface area (Å²) in [6.45, 7) is 0. The molecule has 1 heterocycles. The molecule has 0 saturated carbocycles. The van der Waals surface area contributed by atoms with Crippen molar-refractivity contribution in [3.63, 3.8) is 0 Å². The summed E-state index contributed by atoms with van der Waals surface area (Å²) in [6.07, 6.45) is 0. The molecular weight excluding hydrogens is 166 g/mol. The standard InChI is InChI=1S/C7H4ClNS/c8-6-2-1-3-7-5(6)4-10-9-7/h1-4H. The molecule has 0 fully saturated rings. The highest BCUT2D eigenvalue weighted by Gasteiger charge is 1.97. The van der Waals surface area contributed by atoms with Crippen LogP contribution in [-0.2, 0) is 0 Å². The molecule has 0 N–H and O–H groups in total. The van der Waals surface area contributed by atoms with E-state index >= 15 is 0 Å². The number of rotatable bonds is 0. The van der Waals surface area contributed by atoms with E-state index in [-0.39, 0.29) is 0 Å². The van der Waals surface area contributed by atoms with Crippen LogP contribution in [0.3, 0.4) is 0 Å². The molecule has 1 aromatic heterocycles. The monoisotopic (exact) mass is 169 g/mol. The predicted molar refractivity (Wildman–Crippen MR) is 44.6 cm³/mol. The molecule has 0 saturated heterocycles. The molecule has 50 valence electrons. The van der Waals surface area contributed by atoms with E-state index in [2.05, 4.69) is 4.37 Å². The highest BCUT2D eigenvalue weighted by atomic mass is 35.5.